The molecule has 0 atom stereocenters. The molecule has 0 aliphatic rings. The third-order valence-electron chi connectivity index (χ3n) is 4.25. The maximum atomic E-state index is 12.6. The summed E-state index contributed by atoms with van der Waals surface area (Å²) < 4.78 is 0. The first-order valence-electron chi connectivity index (χ1n) is 9.22. The summed E-state index contributed by atoms with van der Waals surface area (Å²) in [6.07, 6.45) is 1.73. The van der Waals surface area contributed by atoms with Gasteiger partial charge in [-0.1, -0.05) is 39.0 Å². The van der Waals surface area contributed by atoms with Crippen LogP contribution in [0.1, 0.15) is 48.2 Å². The molecule has 2 aromatic heterocycles. The highest BCUT2D eigenvalue weighted by atomic mass is 16.1. The molecular weight excluding hydrogens is 350 g/mol. The first kappa shape index (κ1) is 19.5. The summed E-state index contributed by atoms with van der Waals surface area (Å²) >= 11 is 0. The van der Waals surface area contributed by atoms with E-state index in [4.69, 9.17) is 0 Å². The summed E-state index contributed by atoms with van der Waals surface area (Å²) in [5.41, 5.74) is 3.92. The fourth-order valence-corrected chi connectivity index (χ4v) is 2.68. The van der Waals surface area contributed by atoms with Gasteiger partial charge in [0, 0.05) is 17.6 Å². The lowest BCUT2D eigenvalue weighted by molar-refractivity contribution is 0.102. The number of hydrogen-bond donors (Lipinski definition) is 2. The summed E-state index contributed by atoms with van der Waals surface area (Å²) in [6.45, 7) is 8.79. The standard InChI is InChI=1S/C22H25N5O/c1-15-13-19(27-21(25-15)24-14-18-7-5-6-12-23-18)20(28)26-17-10-8-16(9-11-17)22(2,3)4/h5-13H,14H2,1-4H3,(H,26,28)(H,24,25,27). The van der Waals surface area contributed by atoms with E-state index in [1.807, 2.05) is 49.4 Å². The third-order valence-corrected chi connectivity index (χ3v) is 4.25. The highest BCUT2D eigenvalue weighted by molar-refractivity contribution is 6.03. The van der Waals surface area contributed by atoms with Crippen molar-refractivity contribution in [1.29, 1.82) is 0 Å². The Hall–Kier alpha value is -3.28. The van der Waals surface area contributed by atoms with Crippen molar-refractivity contribution in [3.05, 3.63) is 77.4 Å². The van der Waals surface area contributed by atoms with Crippen LogP contribution in [0.5, 0.6) is 0 Å². The number of rotatable bonds is 5. The van der Waals surface area contributed by atoms with Gasteiger partial charge in [-0.2, -0.15) is 0 Å². The van der Waals surface area contributed by atoms with E-state index >= 15 is 0 Å². The molecule has 3 rings (SSSR count). The lowest BCUT2D eigenvalue weighted by atomic mass is 9.87. The van der Waals surface area contributed by atoms with Gasteiger partial charge in [-0.3, -0.25) is 9.78 Å². The number of carbonyl (C=O) groups excluding carboxylic acids is 1. The molecule has 0 bridgehead atoms. The maximum absolute atomic E-state index is 12.6. The molecule has 0 aliphatic carbocycles. The number of nitrogens with one attached hydrogen (secondary N) is 2. The zero-order chi connectivity index (χ0) is 20.1. The number of nitrogens with zero attached hydrogens (tertiary/aromatic N) is 3. The molecule has 2 heterocycles. The van der Waals surface area contributed by atoms with Crippen molar-refractivity contribution in [2.24, 2.45) is 0 Å². The molecule has 0 unspecified atom stereocenters. The van der Waals surface area contributed by atoms with Gasteiger partial charge in [0.25, 0.3) is 5.91 Å². The molecule has 144 valence electrons. The van der Waals surface area contributed by atoms with Crippen molar-refractivity contribution in [2.45, 2.75) is 39.7 Å². The molecule has 0 aliphatic heterocycles. The van der Waals surface area contributed by atoms with Crippen molar-refractivity contribution in [2.75, 3.05) is 10.6 Å². The van der Waals surface area contributed by atoms with Gasteiger partial charge in [0.05, 0.1) is 12.2 Å². The molecule has 0 saturated carbocycles. The monoisotopic (exact) mass is 375 g/mol. The van der Waals surface area contributed by atoms with Crippen LogP contribution in [0.4, 0.5) is 11.6 Å². The second-order valence-corrected chi connectivity index (χ2v) is 7.67. The molecule has 1 aromatic carbocycles. The summed E-state index contributed by atoms with van der Waals surface area (Å²) in [6, 6.07) is 15.2. The number of aromatic nitrogens is 3. The minimum Gasteiger partial charge on any atom is -0.349 e. The van der Waals surface area contributed by atoms with E-state index in [0.29, 0.717) is 23.9 Å². The number of pyridine rings is 1. The fraction of sp³-hybridized carbons (Fsp3) is 0.273. The van der Waals surface area contributed by atoms with Gasteiger partial charge in [0.15, 0.2) is 0 Å². The lowest BCUT2D eigenvalue weighted by Gasteiger charge is -2.19. The van der Waals surface area contributed by atoms with E-state index in [1.165, 1.54) is 5.56 Å². The highest BCUT2D eigenvalue weighted by Crippen LogP contribution is 2.23. The molecule has 28 heavy (non-hydrogen) atoms. The van der Waals surface area contributed by atoms with Crippen molar-refractivity contribution in [1.82, 2.24) is 15.0 Å². The number of carbonyl (C=O) groups is 1. The molecule has 6 nitrogen and oxygen atoms in total. The van der Waals surface area contributed by atoms with Crippen LogP contribution in [0.15, 0.2) is 54.7 Å². The van der Waals surface area contributed by atoms with E-state index < -0.39 is 0 Å². The Labute approximate surface area is 165 Å². The first-order chi connectivity index (χ1) is 13.3. The van der Waals surface area contributed by atoms with E-state index in [9.17, 15) is 4.79 Å². The quantitative estimate of drug-likeness (QED) is 0.693. The van der Waals surface area contributed by atoms with E-state index in [-0.39, 0.29) is 11.3 Å². The Morgan fingerprint density at radius 3 is 2.43 bits per heavy atom. The van der Waals surface area contributed by atoms with Crippen LogP contribution in [-0.2, 0) is 12.0 Å². The summed E-state index contributed by atoms with van der Waals surface area (Å²) in [5, 5.41) is 6.02. The Morgan fingerprint density at radius 2 is 1.79 bits per heavy atom. The molecule has 0 saturated heterocycles. The molecule has 0 spiro atoms. The topological polar surface area (TPSA) is 79.8 Å². The zero-order valence-corrected chi connectivity index (χ0v) is 16.7. The van der Waals surface area contributed by atoms with Gasteiger partial charge < -0.3 is 10.6 Å². The van der Waals surface area contributed by atoms with Crippen LogP contribution in [0.25, 0.3) is 0 Å². The number of anilines is 2. The molecule has 0 radical (unpaired) electrons. The van der Waals surface area contributed by atoms with Gasteiger partial charge in [-0.15, -0.1) is 0 Å². The number of benzene rings is 1. The second-order valence-electron chi connectivity index (χ2n) is 7.67. The predicted molar refractivity (Wildman–Crippen MR) is 111 cm³/mol. The van der Waals surface area contributed by atoms with E-state index in [0.717, 1.165) is 11.4 Å². The van der Waals surface area contributed by atoms with E-state index in [2.05, 4.69) is 46.4 Å². The second kappa shape index (κ2) is 8.17. The van der Waals surface area contributed by atoms with Crippen molar-refractivity contribution >= 4 is 17.5 Å². The van der Waals surface area contributed by atoms with Crippen molar-refractivity contribution < 1.29 is 4.79 Å². The SMILES string of the molecule is Cc1cc(C(=O)Nc2ccc(C(C)(C)C)cc2)nc(NCc2ccccn2)n1. The third kappa shape index (κ3) is 5.13. The van der Waals surface area contributed by atoms with Crippen LogP contribution in [0.3, 0.4) is 0 Å². The largest absolute Gasteiger partial charge is 0.349 e. The summed E-state index contributed by atoms with van der Waals surface area (Å²) in [7, 11) is 0. The molecular formula is C22H25N5O. The number of amides is 1. The lowest BCUT2D eigenvalue weighted by Crippen LogP contribution is -2.16. The fourth-order valence-electron chi connectivity index (χ4n) is 2.68. The zero-order valence-electron chi connectivity index (χ0n) is 16.7. The molecule has 2 N–H and O–H groups in total. The van der Waals surface area contributed by atoms with Crippen molar-refractivity contribution in [3.63, 3.8) is 0 Å². The Bertz CT molecular complexity index is 947. The highest BCUT2D eigenvalue weighted by Gasteiger charge is 2.14. The van der Waals surface area contributed by atoms with Crippen LogP contribution >= 0.6 is 0 Å². The predicted octanol–water partition coefficient (Wildman–Crippen LogP) is 4.34. The average Bonchev–Trinajstić information content (AvgIpc) is 2.66. The number of aryl methyl sites for hydroxylation is 1. The molecule has 3 aromatic rings. The minimum atomic E-state index is -0.269. The average molecular weight is 375 g/mol. The summed E-state index contributed by atoms with van der Waals surface area (Å²) in [4.78, 5) is 25.6. The first-order valence-corrected chi connectivity index (χ1v) is 9.22. The van der Waals surface area contributed by atoms with Gasteiger partial charge in [-0.25, -0.2) is 9.97 Å². The smallest absolute Gasteiger partial charge is 0.274 e. The van der Waals surface area contributed by atoms with Gasteiger partial charge in [0.2, 0.25) is 5.95 Å². The minimum absolute atomic E-state index is 0.0699. The normalized spacial score (nSPS) is 11.1. The van der Waals surface area contributed by atoms with Crippen LogP contribution in [0.2, 0.25) is 0 Å². The van der Waals surface area contributed by atoms with Crippen LogP contribution < -0.4 is 10.6 Å². The summed E-state index contributed by atoms with van der Waals surface area (Å²) in [5.74, 6) is 0.133. The Morgan fingerprint density at radius 1 is 1.04 bits per heavy atom. The number of hydrogen-bond acceptors (Lipinski definition) is 5. The van der Waals surface area contributed by atoms with Gasteiger partial charge in [-0.05, 0) is 48.2 Å². The van der Waals surface area contributed by atoms with Crippen LogP contribution in [-0.4, -0.2) is 20.9 Å². The molecule has 0 fully saturated rings. The maximum Gasteiger partial charge on any atom is 0.274 e. The van der Waals surface area contributed by atoms with Gasteiger partial charge in [0.1, 0.15) is 5.69 Å². The Balaban J connectivity index is 1.70. The molecule has 1 amide bonds. The molecule has 6 heteroatoms. The van der Waals surface area contributed by atoms with Crippen LogP contribution in [0, 0.1) is 6.92 Å². The van der Waals surface area contributed by atoms with Gasteiger partial charge >= 0.3 is 0 Å². The van der Waals surface area contributed by atoms with E-state index in [1.54, 1.807) is 12.3 Å². The van der Waals surface area contributed by atoms with Crippen molar-refractivity contribution in [3.8, 4) is 0 Å². The Kier molecular flexibility index (Phi) is 5.68.